The molecule has 2 heterocycles. The summed E-state index contributed by atoms with van der Waals surface area (Å²) in [4.78, 5) is 15.7. The molecule has 0 aliphatic carbocycles. The number of aliphatic carboxylic acids is 1. The van der Waals surface area contributed by atoms with Gasteiger partial charge in [0.05, 0.1) is 24.9 Å². The zero-order valence-electron chi connectivity index (χ0n) is 11.5. The highest BCUT2D eigenvalue weighted by atomic mass is 16.5. The number of aromatic nitrogens is 2. The van der Waals surface area contributed by atoms with E-state index in [0.29, 0.717) is 17.1 Å². The number of rotatable bonds is 4. The first-order chi connectivity index (χ1) is 10.2. The summed E-state index contributed by atoms with van der Waals surface area (Å²) in [7, 11) is 1.59. The molecule has 0 radical (unpaired) electrons. The van der Waals surface area contributed by atoms with Crippen molar-refractivity contribution < 1.29 is 14.6 Å². The van der Waals surface area contributed by atoms with Crippen molar-refractivity contribution in [1.82, 2.24) is 9.38 Å². The van der Waals surface area contributed by atoms with E-state index in [2.05, 4.69) is 4.98 Å². The number of hydrogen-bond acceptors (Lipinski definition) is 3. The number of nitrogens with zero attached hydrogens (tertiary/aromatic N) is 2. The van der Waals surface area contributed by atoms with Crippen LogP contribution in [0.5, 0.6) is 5.75 Å². The fraction of sp³-hybridized carbons (Fsp3) is 0.125. The van der Waals surface area contributed by atoms with Crippen LogP contribution in [0.25, 0.3) is 16.9 Å². The maximum atomic E-state index is 11.2. The van der Waals surface area contributed by atoms with Crippen molar-refractivity contribution in [2.75, 3.05) is 7.11 Å². The maximum absolute atomic E-state index is 11.2. The smallest absolute Gasteiger partial charge is 0.309 e. The average molecular weight is 282 g/mol. The summed E-state index contributed by atoms with van der Waals surface area (Å²) in [6.45, 7) is 0. The third kappa shape index (κ3) is 2.33. The van der Waals surface area contributed by atoms with Crippen LogP contribution in [-0.2, 0) is 11.2 Å². The number of pyridine rings is 1. The topological polar surface area (TPSA) is 63.8 Å². The van der Waals surface area contributed by atoms with Crippen molar-refractivity contribution in [3.05, 3.63) is 54.4 Å². The third-order valence-electron chi connectivity index (χ3n) is 3.31. The molecular weight excluding hydrogens is 268 g/mol. The molecule has 2 aromatic heterocycles. The Morgan fingerprint density at radius 2 is 2.00 bits per heavy atom. The van der Waals surface area contributed by atoms with Crippen LogP contribution in [-0.4, -0.2) is 27.6 Å². The van der Waals surface area contributed by atoms with Gasteiger partial charge in [-0.05, 0) is 24.3 Å². The molecule has 5 heteroatoms. The second kappa shape index (κ2) is 5.28. The second-order valence-electron chi connectivity index (χ2n) is 4.61. The van der Waals surface area contributed by atoms with Crippen molar-refractivity contribution in [3.63, 3.8) is 0 Å². The zero-order chi connectivity index (χ0) is 14.8. The molecule has 106 valence electrons. The summed E-state index contributed by atoms with van der Waals surface area (Å²) in [5, 5.41) is 9.17. The van der Waals surface area contributed by atoms with Gasteiger partial charge in [0.25, 0.3) is 0 Å². The fourth-order valence-electron chi connectivity index (χ4n) is 2.41. The Balaban J connectivity index is 2.28. The van der Waals surface area contributed by atoms with E-state index in [-0.39, 0.29) is 6.42 Å². The molecule has 0 aliphatic rings. The molecule has 3 aromatic rings. The largest absolute Gasteiger partial charge is 0.496 e. The molecule has 0 amide bonds. The van der Waals surface area contributed by atoms with Gasteiger partial charge in [-0.3, -0.25) is 4.79 Å². The van der Waals surface area contributed by atoms with Gasteiger partial charge >= 0.3 is 5.97 Å². The van der Waals surface area contributed by atoms with Crippen LogP contribution >= 0.6 is 0 Å². The van der Waals surface area contributed by atoms with Crippen molar-refractivity contribution in [2.45, 2.75) is 6.42 Å². The van der Waals surface area contributed by atoms with Gasteiger partial charge in [-0.15, -0.1) is 0 Å². The Morgan fingerprint density at radius 1 is 1.24 bits per heavy atom. The highest BCUT2D eigenvalue weighted by Crippen LogP contribution is 2.32. The van der Waals surface area contributed by atoms with E-state index in [9.17, 15) is 9.90 Å². The minimum Gasteiger partial charge on any atom is -0.496 e. The first kappa shape index (κ1) is 13.2. The lowest BCUT2D eigenvalue weighted by Gasteiger charge is -2.07. The molecule has 0 spiro atoms. The van der Waals surface area contributed by atoms with Gasteiger partial charge in [0.15, 0.2) is 0 Å². The second-order valence-corrected chi connectivity index (χ2v) is 4.61. The summed E-state index contributed by atoms with van der Waals surface area (Å²) < 4.78 is 7.16. The number of methoxy groups -OCH3 is 1. The summed E-state index contributed by atoms with van der Waals surface area (Å²) in [5.74, 6) is -0.218. The number of hydrogen-bond donors (Lipinski definition) is 1. The summed E-state index contributed by atoms with van der Waals surface area (Å²) >= 11 is 0. The highest BCUT2D eigenvalue weighted by molar-refractivity contribution is 5.78. The molecule has 5 nitrogen and oxygen atoms in total. The molecular formula is C16H14N2O3. The predicted octanol–water partition coefficient (Wildman–Crippen LogP) is 2.64. The molecule has 0 aliphatic heterocycles. The molecule has 1 N–H and O–H groups in total. The Labute approximate surface area is 121 Å². The maximum Gasteiger partial charge on any atom is 0.309 e. The van der Waals surface area contributed by atoms with E-state index in [1.54, 1.807) is 11.5 Å². The minimum absolute atomic E-state index is 0.0986. The Hall–Kier alpha value is -2.82. The average Bonchev–Trinajstić information content (AvgIpc) is 2.85. The van der Waals surface area contributed by atoms with Crippen LogP contribution in [0.1, 0.15) is 5.69 Å². The number of ether oxygens (including phenoxy) is 1. The Bertz CT molecular complexity index is 808. The van der Waals surface area contributed by atoms with E-state index in [4.69, 9.17) is 4.74 Å². The van der Waals surface area contributed by atoms with Crippen LogP contribution in [0.4, 0.5) is 0 Å². The standard InChI is InChI=1S/C16H14N2O3/c1-21-13-7-3-2-6-11(13)16-12(10-15(19)20)18-9-5-4-8-14(18)17-16/h2-9H,10H2,1H3,(H,19,20). The van der Waals surface area contributed by atoms with E-state index >= 15 is 0 Å². The third-order valence-corrected chi connectivity index (χ3v) is 3.31. The molecule has 21 heavy (non-hydrogen) atoms. The van der Waals surface area contributed by atoms with Crippen LogP contribution in [0.15, 0.2) is 48.7 Å². The van der Waals surface area contributed by atoms with E-state index in [1.165, 1.54) is 0 Å². The molecule has 0 bridgehead atoms. The van der Waals surface area contributed by atoms with Gasteiger partial charge in [-0.2, -0.15) is 0 Å². The fourth-order valence-corrected chi connectivity index (χ4v) is 2.41. The van der Waals surface area contributed by atoms with Gasteiger partial charge in [-0.25, -0.2) is 4.98 Å². The molecule has 0 saturated carbocycles. The van der Waals surface area contributed by atoms with E-state index < -0.39 is 5.97 Å². The molecule has 0 fully saturated rings. The monoisotopic (exact) mass is 282 g/mol. The minimum atomic E-state index is -0.892. The first-order valence-corrected chi connectivity index (χ1v) is 6.52. The lowest BCUT2D eigenvalue weighted by molar-refractivity contribution is -0.136. The highest BCUT2D eigenvalue weighted by Gasteiger charge is 2.18. The SMILES string of the molecule is COc1ccccc1-c1nc2ccccn2c1CC(=O)O. The summed E-state index contributed by atoms with van der Waals surface area (Å²) in [5.41, 5.74) is 2.79. The van der Waals surface area contributed by atoms with Crippen LogP contribution in [0.3, 0.4) is 0 Å². The number of para-hydroxylation sites is 1. The van der Waals surface area contributed by atoms with E-state index in [1.807, 2.05) is 48.7 Å². The van der Waals surface area contributed by atoms with Crippen LogP contribution in [0, 0.1) is 0 Å². The van der Waals surface area contributed by atoms with Crippen molar-refractivity contribution in [2.24, 2.45) is 0 Å². The summed E-state index contributed by atoms with van der Waals surface area (Å²) in [6.07, 6.45) is 1.72. The number of fused-ring (bicyclic) bond motifs is 1. The van der Waals surface area contributed by atoms with Gasteiger partial charge in [0, 0.05) is 11.8 Å². The van der Waals surface area contributed by atoms with Gasteiger partial charge in [0.1, 0.15) is 11.4 Å². The van der Waals surface area contributed by atoms with Crippen molar-refractivity contribution in [3.8, 4) is 17.0 Å². The van der Waals surface area contributed by atoms with Gasteiger partial charge < -0.3 is 14.2 Å². The normalized spacial score (nSPS) is 10.7. The lowest BCUT2D eigenvalue weighted by atomic mass is 10.1. The number of carboxylic acids is 1. The van der Waals surface area contributed by atoms with Gasteiger partial charge in [-0.1, -0.05) is 18.2 Å². The quantitative estimate of drug-likeness (QED) is 0.799. The van der Waals surface area contributed by atoms with Crippen LogP contribution in [0.2, 0.25) is 0 Å². The van der Waals surface area contributed by atoms with E-state index in [0.717, 1.165) is 11.2 Å². The Morgan fingerprint density at radius 3 is 2.76 bits per heavy atom. The molecule has 1 aromatic carbocycles. The number of carbonyl (C=O) groups is 1. The number of imidazole rings is 1. The first-order valence-electron chi connectivity index (χ1n) is 6.52. The molecule has 0 saturated heterocycles. The molecule has 0 atom stereocenters. The molecule has 0 unspecified atom stereocenters. The number of carboxylic acid groups (broad SMARTS) is 1. The lowest BCUT2D eigenvalue weighted by Crippen LogP contribution is -2.04. The molecule has 3 rings (SSSR count). The van der Waals surface area contributed by atoms with Crippen LogP contribution < -0.4 is 4.74 Å². The summed E-state index contributed by atoms with van der Waals surface area (Å²) in [6, 6.07) is 13.0. The Kier molecular flexibility index (Phi) is 3.31. The van der Waals surface area contributed by atoms with Gasteiger partial charge in [0.2, 0.25) is 0 Å². The number of benzene rings is 1. The predicted molar refractivity (Wildman–Crippen MR) is 78.5 cm³/mol. The zero-order valence-corrected chi connectivity index (χ0v) is 11.5. The van der Waals surface area contributed by atoms with Crippen molar-refractivity contribution >= 4 is 11.6 Å². The van der Waals surface area contributed by atoms with Crippen molar-refractivity contribution in [1.29, 1.82) is 0 Å².